The molecule has 2 spiro atoms. The summed E-state index contributed by atoms with van der Waals surface area (Å²) in [5.41, 5.74) is 1.55. The number of ether oxygens (including phenoxy) is 4. The molecule has 150 valence electrons. The van der Waals surface area contributed by atoms with Crippen LogP contribution in [0.25, 0.3) is 0 Å². The lowest BCUT2D eigenvalue weighted by molar-refractivity contribution is -0.190. The third-order valence-corrected chi connectivity index (χ3v) is 8.00. The van der Waals surface area contributed by atoms with Crippen molar-refractivity contribution in [3.63, 3.8) is 0 Å². The van der Waals surface area contributed by atoms with E-state index in [1.54, 1.807) is 5.57 Å². The summed E-state index contributed by atoms with van der Waals surface area (Å²) in [5.74, 6) is 3.47. The Kier molecular flexibility index (Phi) is 4.55. The minimum atomic E-state index is -0.210. The summed E-state index contributed by atoms with van der Waals surface area (Å²) >= 11 is 0. The fourth-order valence-electron chi connectivity index (χ4n) is 7.03. The molecule has 6 rings (SSSR count). The van der Waals surface area contributed by atoms with E-state index in [2.05, 4.69) is 39.0 Å². The molecule has 6 aliphatic rings. The first-order valence-electron chi connectivity index (χ1n) is 11.0. The summed E-state index contributed by atoms with van der Waals surface area (Å²) in [6.45, 7) is 9.98. The van der Waals surface area contributed by atoms with Gasteiger partial charge in [-0.15, -0.1) is 0 Å². The number of hydrogen-bond acceptors (Lipinski definition) is 4. The van der Waals surface area contributed by atoms with Gasteiger partial charge in [0.15, 0.2) is 11.6 Å². The number of fused-ring (bicyclic) bond motifs is 4. The molecule has 2 heterocycles. The highest BCUT2D eigenvalue weighted by atomic mass is 16.7. The van der Waals surface area contributed by atoms with E-state index in [-0.39, 0.29) is 11.6 Å². The summed E-state index contributed by atoms with van der Waals surface area (Å²) in [7, 11) is 0. The van der Waals surface area contributed by atoms with Gasteiger partial charge in [-0.3, -0.25) is 0 Å². The monoisotopic (exact) mass is 374 g/mol. The van der Waals surface area contributed by atoms with Crippen molar-refractivity contribution in [2.24, 2.45) is 35.5 Å². The molecule has 2 aliphatic heterocycles. The smallest absolute Gasteiger partial charge is 0.172 e. The molecule has 0 radical (unpaired) electrons. The number of hydrogen-bond donors (Lipinski definition) is 0. The molecule has 0 N–H and O–H groups in total. The average molecular weight is 375 g/mol. The lowest BCUT2D eigenvalue weighted by atomic mass is 9.87. The van der Waals surface area contributed by atoms with Crippen LogP contribution in [0.4, 0.5) is 0 Å². The summed E-state index contributed by atoms with van der Waals surface area (Å²) < 4.78 is 23.4. The molecule has 6 atom stereocenters. The lowest BCUT2D eigenvalue weighted by Crippen LogP contribution is -2.38. The van der Waals surface area contributed by atoms with Gasteiger partial charge in [-0.1, -0.05) is 37.6 Å². The van der Waals surface area contributed by atoms with Crippen LogP contribution in [0.5, 0.6) is 0 Å². The highest BCUT2D eigenvalue weighted by Crippen LogP contribution is 2.55. The second-order valence-electron chi connectivity index (χ2n) is 9.43. The summed E-state index contributed by atoms with van der Waals surface area (Å²) in [4.78, 5) is 0. The van der Waals surface area contributed by atoms with E-state index in [0.717, 1.165) is 45.2 Å². The van der Waals surface area contributed by atoms with Crippen molar-refractivity contribution in [3.05, 3.63) is 23.8 Å². The van der Waals surface area contributed by atoms with Crippen LogP contribution in [0.1, 0.15) is 46.5 Å². The van der Waals surface area contributed by atoms with Crippen LogP contribution in [0.15, 0.2) is 23.8 Å². The SMILES string of the molecule is CC1=C[C@H](C)[C@@H]2[C@H]1CCC21OCCO1.C[C@H]1C=C[C@@H]2CCC3(OCCO3)[C@@H]21. The molecule has 0 unspecified atom stereocenters. The molecule has 0 aromatic heterocycles. The minimum absolute atomic E-state index is 0.201. The molecule has 4 fully saturated rings. The Hall–Kier alpha value is -0.680. The first-order valence-corrected chi connectivity index (χ1v) is 11.0. The van der Waals surface area contributed by atoms with Gasteiger partial charge in [0.05, 0.1) is 26.4 Å². The maximum absolute atomic E-state index is 5.88. The minimum Gasteiger partial charge on any atom is -0.347 e. The second-order valence-corrected chi connectivity index (χ2v) is 9.43. The third-order valence-electron chi connectivity index (χ3n) is 8.00. The van der Waals surface area contributed by atoms with Crippen LogP contribution in [-0.4, -0.2) is 38.0 Å². The fourth-order valence-corrected chi connectivity index (χ4v) is 7.03. The first kappa shape index (κ1) is 18.4. The topological polar surface area (TPSA) is 36.9 Å². The molecular formula is C23H34O4. The highest BCUT2D eigenvalue weighted by Gasteiger charge is 2.57. The van der Waals surface area contributed by atoms with Gasteiger partial charge in [0.25, 0.3) is 0 Å². The Morgan fingerprint density at radius 1 is 0.778 bits per heavy atom. The van der Waals surface area contributed by atoms with Gasteiger partial charge in [-0.25, -0.2) is 0 Å². The molecule has 0 aromatic carbocycles. The molecule has 2 saturated heterocycles. The van der Waals surface area contributed by atoms with Crippen LogP contribution in [-0.2, 0) is 18.9 Å². The summed E-state index contributed by atoms with van der Waals surface area (Å²) in [5, 5.41) is 0. The van der Waals surface area contributed by atoms with Gasteiger partial charge < -0.3 is 18.9 Å². The van der Waals surface area contributed by atoms with Crippen LogP contribution in [0.3, 0.4) is 0 Å². The van der Waals surface area contributed by atoms with Crippen LogP contribution in [0, 0.1) is 35.5 Å². The van der Waals surface area contributed by atoms with Crippen molar-refractivity contribution in [2.75, 3.05) is 26.4 Å². The fraction of sp³-hybridized carbons (Fsp3) is 0.826. The molecule has 4 nitrogen and oxygen atoms in total. The van der Waals surface area contributed by atoms with E-state index >= 15 is 0 Å². The Bertz CT molecular complexity index is 626. The van der Waals surface area contributed by atoms with Crippen LogP contribution in [0.2, 0.25) is 0 Å². The van der Waals surface area contributed by atoms with Crippen molar-refractivity contribution in [2.45, 2.75) is 58.0 Å². The van der Waals surface area contributed by atoms with Gasteiger partial charge in [0.2, 0.25) is 0 Å². The predicted molar refractivity (Wildman–Crippen MR) is 103 cm³/mol. The zero-order valence-corrected chi connectivity index (χ0v) is 17.0. The summed E-state index contributed by atoms with van der Waals surface area (Å²) in [6, 6.07) is 0. The van der Waals surface area contributed by atoms with E-state index in [0.29, 0.717) is 29.6 Å². The largest absolute Gasteiger partial charge is 0.347 e. The normalized spacial score (nSPS) is 45.2. The van der Waals surface area contributed by atoms with Gasteiger partial charge >= 0.3 is 0 Å². The van der Waals surface area contributed by atoms with Crippen LogP contribution < -0.4 is 0 Å². The molecule has 4 aliphatic carbocycles. The van der Waals surface area contributed by atoms with Crippen molar-refractivity contribution in [1.29, 1.82) is 0 Å². The molecule has 4 heteroatoms. The second kappa shape index (κ2) is 6.69. The zero-order valence-electron chi connectivity index (χ0n) is 17.0. The maximum atomic E-state index is 5.88. The van der Waals surface area contributed by atoms with E-state index in [9.17, 15) is 0 Å². The van der Waals surface area contributed by atoms with E-state index in [4.69, 9.17) is 18.9 Å². The van der Waals surface area contributed by atoms with E-state index < -0.39 is 0 Å². The molecule has 0 amide bonds. The molecule has 0 bridgehead atoms. The predicted octanol–water partition coefficient (Wildman–Crippen LogP) is 4.31. The van der Waals surface area contributed by atoms with Crippen molar-refractivity contribution >= 4 is 0 Å². The third kappa shape index (κ3) is 2.78. The number of rotatable bonds is 0. The lowest BCUT2D eigenvalue weighted by Gasteiger charge is -2.32. The molecule has 0 aromatic rings. The van der Waals surface area contributed by atoms with Gasteiger partial charge in [-0.05, 0) is 43.4 Å². The summed E-state index contributed by atoms with van der Waals surface area (Å²) in [6.07, 6.45) is 11.8. The zero-order chi connectivity index (χ0) is 18.6. The standard InChI is InChI=1S/C12H18O2.C11H16O2/c1-8-7-9(2)11-10(8)3-4-12(11)13-5-6-14-12;1-8-2-3-9-4-5-11(10(8)9)12-6-7-13-11/h7,9-11H,3-6H2,1-2H3;2-3,8-10H,4-7H2,1H3/t9-,10-,11+;8-,9+,10+/m00/s1. The van der Waals surface area contributed by atoms with Crippen LogP contribution >= 0.6 is 0 Å². The Labute approximate surface area is 163 Å². The van der Waals surface area contributed by atoms with E-state index in [1.165, 1.54) is 12.8 Å². The number of allylic oxidation sites excluding steroid dienone is 4. The van der Waals surface area contributed by atoms with Gasteiger partial charge in [-0.2, -0.15) is 0 Å². The van der Waals surface area contributed by atoms with Crippen molar-refractivity contribution < 1.29 is 18.9 Å². The molecule has 2 saturated carbocycles. The quantitative estimate of drug-likeness (QED) is 0.592. The molecular weight excluding hydrogens is 340 g/mol. The average Bonchev–Trinajstić information content (AvgIpc) is 3.45. The maximum Gasteiger partial charge on any atom is 0.172 e. The molecule has 27 heavy (non-hydrogen) atoms. The van der Waals surface area contributed by atoms with E-state index in [1.807, 2.05) is 0 Å². The van der Waals surface area contributed by atoms with Gasteiger partial charge in [0.1, 0.15) is 0 Å². The van der Waals surface area contributed by atoms with Gasteiger partial charge in [0, 0.05) is 24.7 Å². The Balaban J connectivity index is 0.000000119. The highest BCUT2D eigenvalue weighted by molar-refractivity contribution is 5.21. The Morgan fingerprint density at radius 2 is 1.37 bits per heavy atom. The first-order chi connectivity index (χ1) is 13.0. The van der Waals surface area contributed by atoms with Crippen molar-refractivity contribution in [1.82, 2.24) is 0 Å². The Morgan fingerprint density at radius 3 is 2.04 bits per heavy atom. The van der Waals surface area contributed by atoms with Crippen molar-refractivity contribution in [3.8, 4) is 0 Å².